The van der Waals surface area contributed by atoms with E-state index in [4.69, 9.17) is 5.26 Å². The van der Waals surface area contributed by atoms with E-state index < -0.39 is 0 Å². The number of unbranched alkanes of at least 4 members (excludes halogenated alkanes) is 1. The fourth-order valence-electron chi connectivity index (χ4n) is 1.81. The highest BCUT2D eigenvalue weighted by molar-refractivity contribution is 5.57. The number of hydrogen-bond acceptors (Lipinski definition) is 4. The number of hydrogen-bond donors (Lipinski definition) is 0. The van der Waals surface area contributed by atoms with Crippen molar-refractivity contribution in [3.8, 4) is 6.07 Å². The van der Waals surface area contributed by atoms with Crippen LogP contribution in [0.25, 0.3) is 0 Å². The normalized spacial score (nSPS) is 9.89. The van der Waals surface area contributed by atoms with Crippen molar-refractivity contribution >= 4 is 11.6 Å². The molecule has 0 unspecified atom stereocenters. The Kier molecular flexibility index (Phi) is 4.46. The summed E-state index contributed by atoms with van der Waals surface area (Å²) in [6.45, 7) is 2.99. The van der Waals surface area contributed by atoms with Crippen LogP contribution in [-0.4, -0.2) is 16.5 Å². The molecular formula is C15H16N4. The van der Waals surface area contributed by atoms with Crippen LogP contribution >= 0.6 is 0 Å². The van der Waals surface area contributed by atoms with Gasteiger partial charge in [-0.3, -0.25) is 0 Å². The number of anilines is 2. The van der Waals surface area contributed by atoms with Crippen molar-refractivity contribution in [1.82, 2.24) is 9.97 Å². The van der Waals surface area contributed by atoms with Crippen LogP contribution in [0.15, 0.2) is 42.6 Å². The molecule has 0 N–H and O–H groups in total. The summed E-state index contributed by atoms with van der Waals surface area (Å²) in [5.41, 5.74) is 1.44. The van der Waals surface area contributed by atoms with Crippen LogP contribution in [0.1, 0.15) is 25.5 Å². The van der Waals surface area contributed by atoms with Gasteiger partial charge >= 0.3 is 0 Å². The van der Waals surface area contributed by atoms with E-state index in [0.29, 0.717) is 11.6 Å². The molecule has 2 rings (SSSR count). The van der Waals surface area contributed by atoms with Gasteiger partial charge in [-0.15, -0.1) is 0 Å². The van der Waals surface area contributed by atoms with Crippen molar-refractivity contribution < 1.29 is 0 Å². The van der Waals surface area contributed by atoms with Gasteiger partial charge in [0.2, 0.25) is 5.95 Å². The molecule has 0 radical (unpaired) electrons. The number of aromatic nitrogens is 2. The summed E-state index contributed by atoms with van der Waals surface area (Å²) in [5, 5.41) is 8.93. The Hall–Kier alpha value is -2.41. The lowest BCUT2D eigenvalue weighted by atomic mass is 10.2. The van der Waals surface area contributed by atoms with Crippen LogP contribution < -0.4 is 4.90 Å². The first-order valence-electron chi connectivity index (χ1n) is 6.41. The largest absolute Gasteiger partial charge is 0.311 e. The molecule has 1 aromatic heterocycles. The molecule has 0 aliphatic carbocycles. The number of benzene rings is 1. The second-order valence-corrected chi connectivity index (χ2v) is 4.19. The molecule has 4 nitrogen and oxygen atoms in total. The quantitative estimate of drug-likeness (QED) is 0.819. The minimum Gasteiger partial charge on any atom is -0.311 e. The second kappa shape index (κ2) is 6.50. The van der Waals surface area contributed by atoms with Crippen LogP contribution in [-0.2, 0) is 0 Å². The zero-order valence-electron chi connectivity index (χ0n) is 11.0. The van der Waals surface area contributed by atoms with E-state index in [9.17, 15) is 0 Å². The highest BCUT2D eigenvalue weighted by Gasteiger charge is 2.11. The lowest BCUT2D eigenvalue weighted by Gasteiger charge is -2.22. The third kappa shape index (κ3) is 3.29. The smallest absolute Gasteiger partial charge is 0.231 e. The Bertz CT molecular complexity index is 560. The zero-order chi connectivity index (χ0) is 13.5. The summed E-state index contributed by atoms with van der Waals surface area (Å²) in [6, 6.07) is 13.7. The topological polar surface area (TPSA) is 52.8 Å². The molecule has 0 saturated heterocycles. The molecule has 96 valence electrons. The van der Waals surface area contributed by atoms with Crippen LogP contribution in [0.3, 0.4) is 0 Å². The molecule has 0 atom stereocenters. The Labute approximate surface area is 113 Å². The molecule has 0 spiro atoms. The van der Waals surface area contributed by atoms with Crippen molar-refractivity contribution in [2.75, 3.05) is 11.4 Å². The van der Waals surface area contributed by atoms with Crippen molar-refractivity contribution in [1.29, 1.82) is 5.26 Å². The van der Waals surface area contributed by atoms with Crippen LogP contribution in [0.5, 0.6) is 0 Å². The van der Waals surface area contributed by atoms with Gasteiger partial charge in [0, 0.05) is 18.4 Å². The fourth-order valence-corrected chi connectivity index (χ4v) is 1.81. The number of rotatable bonds is 5. The van der Waals surface area contributed by atoms with Gasteiger partial charge < -0.3 is 4.90 Å². The molecule has 0 amide bonds. The summed E-state index contributed by atoms with van der Waals surface area (Å²) in [7, 11) is 0. The lowest BCUT2D eigenvalue weighted by molar-refractivity contribution is 0.770. The molecular weight excluding hydrogens is 236 g/mol. The predicted octanol–water partition coefficient (Wildman–Crippen LogP) is 3.29. The van der Waals surface area contributed by atoms with Crippen LogP contribution in [0, 0.1) is 11.3 Å². The summed E-state index contributed by atoms with van der Waals surface area (Å²) in [6.07, 6.45) is 3.78. The van der Waals surface area contributed by atoms with Crippen molar-refractivity contribution in [2.24, 2.45) is 0 Å². The van der Waals surface area contributed by atoms with E-state index in [-0.39, 0.29) is 0 Å². The number of nitrogens with zero attached hydrogens (tertiary/aromatic N) is 4. The lowest BCUT2D eigenvalue weighted by Crippen LogP contribution is -2.21. The van der Waals surface area contributed by atoms with Crippen molar-refractivity contribution in [3.63, 3.8) is 0 Å². The van der Waals surface area contributed by atoms with Crippen LogP contribution in [0.2, 0.25) is 0 Å². The van der Waals surface area contributed by atoms with Gasteiger partial charge in [0.25, 0.3) is 0 Å². The number of nitriles is 1. The van der Waals surface area contributed by atoms with Gasteiger partial charge in [0.1, 0.15) is 11.8 Å². The summed E-state index contributed by atoms with van der Waals surface area (Å²) < 4.78 is 0. The first kappa shape index (κ1) is 13.0. The molecule has 4 heteroatoms. The fraction of sp³-hybridized carbons (Fsp3) is 0.267. The molecule has 0 aliphatic rings. The monoisotopic (exact) mass is 252 g/mol. The van der Waals surface area contributed by atoms with Gasteiger partial charge in [-0.25, -0.2) is 9.97 Å². The van der Waals surface area contributed by atoms with E-state index in [2.05, 4.69) is 23.0 Å². The van der Waals surface area contributed by atoms with E-state index in [1.165, 1.54) is 0 Å². The second-order valence-electron chi connectivity index (χ2n) is 4.19. The van der Waals surface area contributed by atoms with Gasteiger partial charge in [-0.2, -0.15) is 5.26 Å². The van der Waals surface area contributed by atoms with Crippen LogP contribution in [0.4, 0.5) is 11.6 Å². The zero-order valence-corrected chi connectivity index (χ0v) is 11.0. The van der Waals surface area contributed by atoms with Gasteiger partial charge in [0.05, 0.1) is 0 Å². The minimum absolute atomic E-state index is 0.391. The van der Waals surface area contributed by atoms with E-state index in [0.717, 1.165) is 25.1 Å². The molecule has 1 aromatic carbocycles. The third-order valence-electron chi connectivity index (χ3n) is 2.80. The highest BCUT2D eigenvalue weighted by Crippen LogP contribution is 2.22. The third-order valence-corrected chi connectivity index (χ3v) is 2.80. The average Bonchev–Trinajstić information content (AvgIpc) is 2.49. The molecule has 1 heterocycles. The van der Waals surface area contributed by atoms with Crippen molar-refractivity contribution in [2.45, 2.75) is 19.8 Å². The Morgan fingerprint density at radius 2 is 2.00 bits per heavy atom. The molecule has 0 fully saturated rings. The standard InChI is InChI=1S/C15H16N4/c1-2-3-11-19(14-7-5-4-6-8-14)15-17-10-9-13(12-16)18-15/h4-10H,2-3,11H2,1H3. The molecule has 0 saturated carbocycles. The molecule has 0 bridgehead atoms. The Morgan fingerprint density at radius 1 is 1.21 bits per heavy atom. The first-order chi connectivity index (χ1) is 9.35. The van der Waals surface area contributed by atoms with Gasteiger partial charge in [-0.05, 0) is 24.6 Å². The maximum Gasteiger partial charge on any atom is 0.231 e. The summed E-state index contributed by atoms with van der Waals surface area (Å²) >= 11 is 0. The highest BCUT2D eigenvalue weighted by atomic mass is 15.2. The summed E-state index contributed by atoms with van der Waals surface area (Å²) in [4.78, 5) is 10.6. The Balaban J connectivity index is 2.34. The summed E-state index contributed by atoms with van der Waals surface area (Å²) in [5.74, 6) is 0.582. The van der Waals surface area contributed by atoms with E-state index >= 15 is 0 Å². The molecule has 2 aromatic rings. The predicted molar refractivity (Wildman–Crippen MR) is 75.1 cm³/mol. The maximum atomic E-state index is 8.93. The van der Waals surface area contributed by atoms with E-state index in [1.807, 2.05) is 35.2 Å². The first-order valence-corrected chi connectivity index (χ1v) is 6.41. The minimum atomic E-state index is 0.391. The Morgan fingerprint density at radius 3 is 2.68 bits per heavy atom. The molecule has 19 heavy (non-hydrogen) atoms. The van der Waals surface area contributed by atoms with Gasteiger partial charge in [0.15, 0.2) is 0 Å². The van der Waals surface area contributed by atoms with E-state index in [1.54, 1.807) is 12.3 Å². The number of para-hydroxylation sites is 1. The molecule has 0 aliphatic heterocycles. The van der Waals surface area contributed by atoms with Gasteiger partial charge in [-0.1, -0.05) is 31.5 Å². The maximum absolute atomic E-state index is 8.93. The SMILES string of the molecule is CCCCN(c1ccccc1)c1nccc(C#N)n1. The average molecular weight is 252 g/mol. The van der Waals surface area contributed by atoms with Crippen molar-refractivity contribution in [3.05, 3.63) is 48.3 Å².